The van der Waals surface area contributed by atoms with E-state index < -0.39 is 5.97 Å². The molecule has 27 heavy (non-hydrogen) atoms. The molecule has 0 atom stereocenters. The van der Waals surface area contributed by atoms with Gasteiger partial charge < -0.3 is 9.67 Å². The first-order valence-corrected chi connectivity index (χ1v) is 8.78. The van der Waals surface area contributed by atoms with E-state index in [4.69, 9.17) is 0 Å². The fraction of sp³-hybridized carbons (Fsp3) is 0.136. The summed E-state index contributed by atoms with van der Waals surface area (Å²) in [5, 5.41) is 11.2. The normalized spacial score (nSPS) is 11.2. The maximum absolute atomic E-state index is 13.5. The summed E-state index contributed by atoms with van der Waals surface area (Å²) in [5.41, 5.74) is 2.78. The number of carbonyl (C=O) groups is 2. The maximum Gasteiger partial charge on any atom is 0.355 e. The number of carboxylic acids is 1. The Hall–Kier alpha value is -3.47. The number of hydrogen-bond donors (Lipinski definition) is 1. The molecule has 134 valence electrons. The van der Waals surface area contributed by atoms with Crippen molar-refractivity contribution < 1.29 is 14.7 Å². The summed E-state index contributed by atoms with van der Waals surface area (Å²) in [6.45, 7) is 4.64. The van der Waals surface area contributed by atoms with E-state index in [9.17, 15) is 14.7 Å². The van der Waals surface area contributed by atoms with Crippen LogP contribution in [0.3, 0.4) is 0 Å². The van der Waals surface area contributed by atoms with Gasteiger partial charge in [0.25, 0.3) is 0 Å². The fourth-order valence-corrected chi connectivity index (χ4v) is 3.71. The Balaban J connectivity index is 2.02. The topological polar surface area (TPSA) is 72.2 Å². The van der Waals surface area contributed by atoms with Gasteiger partial charge in [-0.3, -0.25) is 4.79 Å². The molecule has 0 amide bonds. The van der Waals surface area contributed by atoms with Gasteiger partial charge in [-0.1, -0.05) is 36.4 Å². The summed E-state index contributed by atoms with van der Waals surface area (Å²) >= 11 is 0. The van der Waals surface area contributed by atoms with E-state index >= 15 is 0 Å². The number of aromatic nitrogens is 2. The molecule has 0 aliphatic carbocycles. The van der Waals surface area contributed by atoms with Crippen LogP contribution in [0.2, 0.25) is 0 Å². The van der Waals surface area contributed by atoms with Gasteiger partial charge in [0, 0.05) is 28.5 Å². The Bertz CT molecular complexity index is 1220. The quantitative estimate of drug-likeness (QED) is 0.547. The number of para-hydroxylation sites is 2. The highest BCUT2D eigenvalue weighted by Crippen LogP contribution is 2.29. The van der Waals surface area contributed by atoms with E-state index in [1.807, 2.05) is 50.2 Å². The molecule has 5 nitrogen and oxygen atoms in total. The highest BCUT2D eigenvalue weighted by Gasteiger charge is 2.25. The number of carbonyl (C=O) groups excluding carboxylic acids is 1. The van der Waals surface area contributed by atoms with Gasteiger partial charge in [0.15, 0.2) is 11.5 Å². The number of aryl methyl sites for hydroxylation is 1. The monoisotopic (exact) mass is 358 g/mol. The van der Waals surface area contributed by atoms with E-state index in [1.165, 1.54) is 0 Å². The minimum Gasteiger partial charge on any atom is -0.476 e. The molecule has 0 aliphatic heterocycles. The lowest BCUT2D eigenvalue weighted by molar-refractivity contribution is 0.0686. The smallest absolute Gasteiger partial charge is 0.355 e. The lowest BCUT2D eigenvalue weighted by atomic mass is 9.97. The fourth-order valence-electron chi connectivity index (χ4n) is 3.71. The summed E-state index contributed by atoms with van der Waals surface area (Å²) in [6, 6.07) is 16.5. The number of benzene rings is 2. The van der Waals surface area contributed by atoms with E-state index in [0.29, 0.717) is 11.1 Å². The van der Waals surface area contributed by atoms with Crippen LogP contribution in [-0.2, 0) is 6.54 Å². The van der Waals surface area contributed by atoms with Crippen molar-refractivity contribution in [1.29, 1.82) is 0 Å². The number of fused-ring (bicyclic) bond motifs is 2. The van der Waals surface area contributed by atoms with Gasteiger partial charge in [-0.25, -0.2) is 9.78 Å². The van der Waals surface area contributed by atoms with Gasteiger partial charge in [-0.15, -0.1) is 0 Å². The van der Waals surface area contributed by atoms with E-state index in [0.717, 1.165) is 28.5 Å². The average molecular weight is 358 g/mol. The first kappa shape index (κ1) is 17.0. The van der Waals surface area contributed by atoms with Crippen molar-refractivity contribution >= 4 is 33.6 Å². The zero-order valence-corrected chi connectivity index (χ0v) is 15.1. The Morgan fingerprint density at radius 2 is 1.78 bits per heavy atom. The van der Waals surface area contributed by atoms with Crippen molar-refractivity contribution in [2.75, 3.05) is 0 Å². The molecule has 4 rings (SSSR count). The van der Waals surface area contributed by atoms with Crippen molar-refractivity contribution in [3.8, 4) is 0 Å². The summed E-state index contributed by atoms with van der Waals surface area (Å²) < 4.78 is 2.07. The average Bonchev–Trinajstić information content (AvgIpc) is 2.97. The minimum atomic E-state index is -1.21. The molecule has 2 aromatic heterocycles. The van der Waals surface area contributed by atoms with E-state index in [1.54, 1.807) is 18.2 Å². The van der Waals surface area contributed by atoms with Gasteiger partial charge >= 0.3 is 5.97 Å². The maximum atomic E-state index is 13.5. The third kappa shape index (κ3) is 2.59. The van der Waals surface area contributed by atoms with Crippen LogP contribution in [0.25, 0.3) is 21.8 Å². The van der Waals surface area contributed by atoms with Crippen LogP contribution in [0.1, 0.15) is 39.0 Å². The van der Waals surface area contributed by atoms with Crippen LogP contribution in [0.4, 0.5) is 0 Å². The zero-order valence-electron chi connectivity index (χ0n) is 15.1. The summed E-state index contributed by atoms with van der Waals surface area (Å²) in [6.07, 6.45) is 0. The Kier molecular flexibility index (Phi) is 4.00. The number of hydrogen-bond acceptors (Lipinski definition) is 3. The molecule has 0 fully saturated rings. The SMILES string of the molecule is CCn1c(C)c(C(=O)c2cc3ccccc3nc2C(=O)O)c2ccccc21. The predicted molar refractivity (Wildman–Crippen MR) is 104 cm³/mol. The van der Waals surface area contributed by atoms with Gasteiger partial charge in [-0.2, -0.15) is 0 Å². The predicted octanol–water partition coefficient (Wildman–Crippen LogP) is 4.45. The lowest BCUT2D eigenvalue weighted by Crippen LogP contribution is -2.13. The second-order valence-electron chi connectivity index (χ2n) is 6.43. The van der Waals surface area contributed by atoms with Gasteiger partial charge in [0.05, 0.1) is 16.6 Å². The molecule has 0 unspecified atom stereocenters. The van der Waals surface area contributed by atoms with E-state index in [-0.39, 0.29) is 17.0 Å². The van der Waals surface area contributed by atoms with Gasteiger partial charge in [0.1, 0.15) is 0 Å². The van der Waals surface area contributed by atoms with Crippen LogP contribution < -0.4 is 0 Å². The molecule has 0 saturated heterocycles. The molecule has 0 bridgehead atoms. The number of aromatic carboxylic acids is 1. The van der Waals surface area contributed by atoms with Crippen molar-refractivity contribution in [2.45, 2.75) is 20.4 Å². The number of nitrogens with zero attached hydrogens (tertiary/aromatic N) is 2. The van der Waals surface area contributed by atoms with Crippen LogP contribution in [0, 0.1) is 6.92 Å². The summed E-state index contributed by atoms with van der Waals surface area (Å²) in [5.74, 6) is -1.52. The highest BCUT2D eigenvalue weighted by molar-refractivity contribution is 6.21. The zero-order chi connectivity index (χ0) is 19.1. The molecule has 2 heterocycles. The van der Waals surface area contributed by atoms with Crippen LogP contribution in [0.15, 0.2) is 54.6 Å². The standard InChI is InChI=1S/C22H18N2O3/c1-3-24-13(2)19(15-9-5-7-11-18(15)24)21(25)16-12-14-8-4-6-10-17(14)23-20(16)22(26)27/h4-12H,3H2,1-2H3,(H,26,27). The lowest BCUT2D eigenvalue weighted by Gasteiger charge is -2.08. The molecule has 4 aromatic rings. The summed E-state index contributed by atoms with van der Waals surface area (Å²) in [4.78, 5) is 29.5. The highest BCUT2D eigenvalue weighted by atomic mass is 16.4. The molecule has 0 saturated carbocycles. The van der Waals surface area contributed by atoms with Crippen molar-refractivity contribution in [2.24, 2.45) is 0 Å². The molecule has 0 spiro atoms. The Morgan fingerprint density at radius 3 is 2.52 bits per heavy atom. The van der Waals surface area contributed by atoms with Crippen LogP contribution >= 0.6 is 0 Å². The molecule has 5 heteroatoms. The molecular weight excluding hydrogens is 340 g/mol. The third-order valence-corrected chi connectivity index (χ3v) is 4.95. The molecule has 2 aromatic carbocycles. The second kappa shape index (κ2) is 6.36. The van der Waals surface area contributed by atoms with Crippen molar-refractivity contribution in [3.05, 3.63) is 77.1 Å². The largest absolute Gasteiger partial charge is 0.476 e. The Morgan fingerprint density at radius 1 is 1.07 bits per heavy atom. The number of ketones is 1. The molecular formula is C22H18N2O3. The first-order chi connectivity index (χ1) is 13.0. The van der Waals surface area contributed by atoms with Gasteiger partial charge in [0.2, 0.25) is 0 Å². The van der Waals surface area contributed by atoms with Crippen LogP contribution in [0.5, 0.6) is 0 Å². The van der Waals surface area contributed by atoms with Crippen molar-refractivity contribution in [3.63, 3.8) is 0 Å². The minimum absolute atomic E-state index is 0.114. The number of pyridine rings is 1. The van der Waals surface area contributed by atoms with Crippen LogP contribution in [-0.4, -0.2) is 26.4 Å². The first-order valence-electron chi connectivity index (χ1n) is 8.78. The summed E-state index contributed by atoms with van der Waals surface area (Å²) in [7, 11) is 0. The molecule has 1 N–H and O–H groups in total. The number of carboxylic acid groups (broad SMARTS) is 1. The van der Waals surface area contributed by atoms with Gasteiger partial charge in [-0.05, 0) is 32.0 Å². The third-order valence-electron chi connectivity index (χ3n) is 4.95. The van der Waals surface area contributed by atoms with E-state index in [2.05, 4.69) is 9.55 Å². The molecule has 0 aliphatic rings. The molecule has 0 radical (unpaired) electrons. The van der Waals surface area contributed by atoms with Crippen molar-refractivity contribution in [1.82, 2.24) is 9.55 Å². The Labute approximate surface area is 155 Å². The number of rotatable bonds is 4. The second-order valence-corrected chi connectivity index (χ2v) is 6.43.